The van der Waals surface area contributed by atoms with Gasteiger partial charge in [0.1, 0.15) is 12.1 Å². The van der Waals surface area contributed by atoms with Crippen LogP contribution < -0.4 is 5.32 Å². The van der Waals surface area contributed by atoms with Gasteiger partial charge in [-0.25, -0.2) is 4.79 Å². The van der Waals surface area contributed by atoms with Crippen molar-refractivity contribution in [2.75, 3.05) is 20.1 Å². The van der Waals surface area contributed by atoms with Crippen molar-refractivity contribution in [3.8, 4) is 6.07 Å². The van der Waals surface area contributed by atoms with E-state index in [1.54, 1.807) is 12.1 Å². The predicted octanol–water partition coefficient (Wildman–Crippen LogP) is 2.13. The summed E-state index contributed by atoms with van der Waals surface area (Å²) in [6.45, 7) is 1.33. The minimum atomic E-state index is -1.38. The summed E-state index contributed by atoms with van der Waals surface area (Å²) < 4.78 is 0. The Kier molecular flexibility index (Phi) is 5.55. The van der Waals surface area contributed by atoms with Crippen LogP contribution in [0.5, 0.6) is 0 Å². The first-order valence-electron chi connectivity index (χ1n) is 7.41. The van der Waals surface area contributed by atoms with Gasteiger partial charge in [0.25, 0.3) is 5.91 Å². The molecular formula is C16H16Cl2N4O3. The average molecular weight is 383 g/mol. The number of carbonyl (C=O) groups is 3. The molecule has 1 aromatic carbocycles. The maximum absolute atomic E-state index is 12.8. The highest BCUT2D eigenvalue weighted by molar-refractivity contribution is 6.35. The number of nitrogens with one attached hydrogen (secondary N) is 1. The van der Waals surface area contributed by atoms with Gasteiger partial charge >= 0.3 is 6.03 Å². The number of halogens is 2. The molecule has 1 saturated heterocycles. The number of benzene rings is 1. The highest BCUT2D eigenvalue weighted by Gasteiger charge is 2.50. The molecule has 2 rings (SSSR count). The van der Waals surface area contributed by atoms with Crippen LogP contribution in [-0.2, 0) is 15.1 Å². The molecule has 0 radical (unpaired) electrons. The molecule has 1 unspecified atom stereocenters. The van der Waals surface area contributed by atoms with Gasteiger partial charge in [0.15, 0.2) is 0 Å². The van der Waals surface area contributed by atoms with Gasteiger partial charge in [-0.3, -0.25) is 14.5 Å². The van der Waals surface area contributed by atoms with Crippen LogP contribution in [-0.4, -0.2) is 47.8 Å². The summed E-state index contributed by atoms with van der Waals surface area (Å²) in [5.74, 6) is -1.02. The number of rotatable bonds is 5. The molecule has 1 aromatic rings. The molecule has 1 aliphatic rings. The summed E-state index contributed by atoms with van der Waals surface area (Å²) in [6, 6.07) is 5.86. The van der Waals surface area contributed by atoms with Gasteiger partial charge in [0.05, 0.1) is 12.5 Å². The smallest absolute Gasteiger partial charge is 0.325 e. The number of nitriles is 1. The van der Waals surface area contributed by atoms with Gasteiger partial charge in [0, 0.05) is 29.2 Å². The van der Waals surface area contributed by atoms with Gasteiger partial charge in [-0.05, 0) is 19.1 Å². The minimum Gasteiger partial charge on any atom is -0.343 e. The third-order valence-corrected chi connectivity index (χ3v) is 4.57. The first-order valence-corrected chi connectivity index (χ1v) is 8.17. The van der Waals surface area contributed by atoms with Crippen LogP contribution in [0.3, 0.4) is 0 Å². The quantitative estimate of drug-likeness (QED) is 0.789. The Morgan fingerprint density at radius 3 is 2.68 bits per heavy atom. The van der Waals surface area contributed by atoms with Gasteiger partial charge in [-0.1, -0.05) is 29.3 Å². The Morgan fingerprint density at radius 2 is 2.08 bits per heavy atom. The zero-order valence-corrected chi connectivity index (χ0v) is 15.2. The molecule has 9 heteroatoms. The van der Waals surface area contributed by atoms with Crippen LogP contribution in [0.15, 0.2) is 18.2 Å². The molecule has 4 amide bonds. The second-order valence-electron chi connectivity index (χ2n) is 5.79. The Balaban J connectivity index is 2.22. The second kappa shape index (κ2) is 7.30. The van der Waals surface area contributed by atoms with Crippen LogP contribution in [0.2, 0.25) is 10.0 Å². The Hall–Kier alpha value is -2.30. The summed E-state index contributed by atoms with van der Waals surface area (Å²) in [6.07, 6.45) is 0.167. The largest absolute Gasteiger partial charge is 0.343 e. The maximum Gasteiger partial charge on any atom is 0.325 e. The fourth-order valence-electron chi connectivity index (χ4n) is 2.52. The van der Waals surface area contributed by atoms with E-state index in [2.05, 4.69) is 5.32 Å². The molecule has 0 spiro atoms. The molecule has 1 atom stereocenters. The molecule has 132 valence electrons. The third kappa shape index (κ3) is 3.70. The van der Waals surface area contributed by atoms with Gasteiger partial charge in [-0.2, -0.15) is 5.26 Å². The Morgan fingerprint density at radius 1 is 1.40 bits per heavy atom. The fourth-order valence-corrected chi connectivity index (χ4v) is 3.11. The molecular weight excluding hydrogens is 367 g/mol. The number of hydrogen-bond donors (Lipinski definition) is 1. The number of hydrogen-bond acceptors (Lipinski definition) is 4. The number of carbonyl (C=O) groups excluding carboxylic acids is 3. The molecule has 0 aliphatic carbocycles. The van der Waals surface area contributed by atoms with E-state index < -0.39 is 29.9 Å². The molecule has 1 fully saturated rings. The monoisotopic (exact) mass is 382 g/mol. The molecule has 0 bridgehead atoms. The van der Waals surface area contributed by atoms with Gasteiger partial charge < -0.3 is 10.2 Å². The van der Waals surface area contributed by atoms with E-state index in [0.29, 0.717) is 10.6 Å². The standard InChI is InChI=1S/C16H16Cl2N4O3/c1-16(11-5-4-10(17)8-12(11)18)14(24)22(15(25)20-16)9-13(23)21(2)7-3-6-19/h4-5,8H,3,7,9H2,1-2H3,(H,20,25). The first kappa shape index (κ1) is 19.0. The maximum atomic E-state index is 12.8. The Labute approximate surface area is 155 Å². The summed E-state index contributed by atoms with van der Waals surface area (Å²) in [7, 11) is 1.51. The number of nitrogens with zero attached hydrogens (tertiary/aromatic N) is 3. The number of imide groups is 1. The molecule has 0 aromatic heterocycles. The van der Waals surface area contributed by atoms with Gasteiger partial charge in [-0.15, -0.1) is 0 Å². The number of likely N-dealkylation sites (N-methyl/N-ethyl adjacent to an activating group) is 1. The second-order valence-corrected chi connectivity index (χ2v) is 6.64. The summed E-state index contributed by atoms with van der Waals surface area (Å²) in [4.78, 5) is 39.3. The van der Waals surface area contributed by atoms with Crippen molar-refractivity contribution in [2.45, 2.75) is 18.9 Å². The highest BCUT2D eigenvalue weighted by Crippen LogP contribution is 2.34. The molecule has 1 aliphatic heterocycles. The summed E-state index contributed by atoms with van der Waals surface area (Å²) in [5.41, 5.74) is -0.991. The lowest BCUT2D eigenvalue weighted by atomic mass is 9.92. The third-order valence-electron chi connectivity index (χ3n) is 4.02. The van der Waals surface area contributed by atoms with Crippen LogP contribution >= 0.6 is 23.2 Å². The van der Waals surface area contributed by atoms with E-state index in [0.717, 1.165) is 4.90 Å². The van der Waals surface area contributed by atoms with E-state index in [1.165, 1.54) is 24.9 Å². The van der Waals surface area contributed by atoms with E-state index in [4.69, 9.17) is 28.5 Å². The Bertz CT molecular complexity index is 777. The zero-order chi connectivity index (χ0) is 18.8. The van der Waals surface area contributed by atoms with Crippen molar-refractivity contribution >= 4 is 41.0 Å². The molecule has 7 nitrogen and oxygen atoms in total. The molecule has 1 heterocycles. The van der Waals surface area contributed by atoms with E-state index in [1.807, 2.05) is 6.07 Å². The zero-order valence-electron chi connectivity index (χ0n) is 13.7. The molecule has 25 heavy (non-hydrogen) atoms. The lowest BCUT2D eigenvalue weighted by Crippen LogP contribution is -2.44. The van der Waals surface area contributed by atoms with Gasteiger partial charge in [0.2, 0.25) is 5.91 Å². The normalized spacial score (nSPS) is 19.6. The summed E-state index contributed by atoms with van der Waals surface area (Å²) in [5, 5.41) is 11.8. The van der Waals surface area contributed by atoms with E-state index in [9.17, 15) is 14.4 Å². The lowest BCUT2D eigenvalue weighted by Gasteiger charge is -2.24. The SMILES string of the molecule is CN(CCC#N)C(=O)CN1C(=O)NC(C)(c2ccc(Cl)cc2Cl)C1=O. The topological polar surface area (TPSA) is 93.5 Å². The van der Waals surface area contributed by atoms with Crippen molar-refractivity contribution < 1.29 is 14.4 Å². The van der Waals surface area contributed by atoms with Crippen LogP contribution in [0.25, 0.3) is 0 Å². The van der Waals surface area contributed by atoms with E-state index in [-0.39, 0.29) is 18.0 Å². The summed E-state index contributed by atoms with van der Waals surface area (Å²) >= 11 is 12.0. The van der Waals surface area contributed by atoms with Crippen molar-refractivity contribution in [3.05, 3.63) is 33.8 Å². The first-order chi connectivity index (χ1) is 11.7. The number of urea groups is 1. The van der Waals surface area contributed by atoms with E-state index >= 15 is 0 Å². The fraction of sp³-hybridized carbons (Fsp3) is 0.375. The number of amides is 4. The van der Waals surface area contributed by atoms with Crippen LogP contribution in [0.4, 0.5) is 4.79 Å². The van der Waals surface area contributed by atoms with Crippen LogP contribution in [0.1, 0.15) is 18.9 Å². The van der Waals surface area contributed by atoms with Crippen molar-refractivity contribution in [2.24, 2.45) is 0 Å². The highest BCUT2D eigenvalue weighted by atomic mass is 35.5. The average Bonchev–Trinajstić information content (AvgIpc) is 2.76. The lowest BCUT2D eigenvalue weighted by molar-refractivity contribution is -0.138. The van der Waals surface area contributed by atoms with Crippen LogP contribution in [0, 0.1) is 11.3 Å². The molecule has 0 saturated carbocycles. The minimum absolute atomic E-state index is 0.167. The van der Waals surface area contributed by atoms with Crippen molar-refractivity contribution in [1.82, 2.24) is 15.1 Å². The van der Waals surface area contributed by atoms with Crippen molar-refractivity contribution in [1.29, 1.82) is 5.26 Å². The molecule has 1 N–H and O–H groups in total. The predicted molar refractivity (Wildman–Crippen MR) is 91.9 cm³/mol. The van der Waals surface area contributed by atoms with Crippen molar-refractivity contribution in [3.63, 3.8) is 0 Å².